The summed E-state index contributed by atoms with van der Waals surface area (Å²) in [6, 6.07) is 10.6. The second kappa shape index (κ2) is 8.58. The van der Waals surface area contributed by atoms with Crippen LogP contribution >= 0.6 is 23.2 Å². The number of benzene rings is 2. The van der Waals surface area contributed by atoms with Crippen LogP contribution in [-0.2, 0) is 26.1 Å². The zero-order valence-electron chi connectivity index (χ0n) is 14.2. The number of morpholine rings is 1. The second-order valence-electron chi connectivity index (χ2n) is 5.87. The number of carbonyl (C=O) groups is 1. The first-order chi connectivity index (χ1) is 12.9. The molecular weight excluding hydrogens is 413 g/mol. The summed E-state index contributed by atoms with van der Waals surface area (Å²) in [4.78, 5) is 12.3. The number of nitrogens with zero attached hydrogens (tertiary/aromatic N) is 1. The van der Waals surface area contributed by atoms with Gasteiger partial charge in [-0.05, 0) is 42.0 Å². The first-order valence-electron chi connectivity index (χ1n) is 8.17. The van der Waals surface area contributed by atoms with E-state index in [1.54, 1.807) is 18.2 Å². The van der Waals surface area contributed by atoms with Crippen molar-refractivity contribution in [2.45, 2.75) is 11.5 Å². The lowest BCUT2D eigenvalue weighted by Crippen LogP contribution is -2.40. The molecule has 0 aliphatic carbocycles. The lowest BCUT2D eigenvalue weighted by Gasteiger charge is -2.26. The highest BCUT2D eigenvalue weighted by Crippen LogP contribution is 2.23. The minimum Gasteiger partial charge on any atom is -0.457 e. The lowest BCUT2D eigenvalue weighted by molar-refractivity contribution is 0.0472. The average Bonchev–Trinajstić information content (AvgIpc) is 2.69. The van der Waals surface area contributed by atoms with E-state index >= 15 is 0 Å². The van der Waals surface area contributed by atoms with Crippen LogP contribution in [0.4, 0.5) is 0 Å². The summed E-state index contributed by atoms with van der Waals surface area (Å²) < 4.78 is 36.9. The van der Waals surface area contributed by atoms with Crippen LogP contribution in [0.1, 0.15) is 15.9 Å². The van der Waals surface area contributed by atoms with Crippen LogP contribution in [0.25, 0.3) is 0 Å². The summed E-state index contributed by atoms with van der Waals surface area (Å²) in [6.45, 7) is 1.41. The van der Waals surface area contributed by atoms with E-state index in [4.69, 9.17) is 32.7 Å². The molecule has 3 rings (SSSR count). The highest BCUT2D eigenvalue weighted by atomic mass is 35.5. The molecule has 9 heteroatoms. The van der Waals surface area contributed by atoms with E-state index < -0.39 is 16.0 Å². The quantitative estimate of drug-likeness (QED) is 0.681. The SMILES string of the molecule is O=C(OCc1ccc(Cl)c(Cl)c1)c1ccc(S(=O)(=O)N2CCOCC2)cc1. The number of rotatable bonds is 5. The summed E-state index contributed by atoms with van der Waals surface area (Å²) in [5.41, 5.74) is 0.959. The number of hydrogen-bond acceptors (Lipinski definition) is 5. The third-order valence-corrected chi connectivity index (χ3v) is 6.70. The maximum atomic E-state index is 12.6. The Morgan fingerprint density at radius 2 is 1.70 bits per heavy atom. The van der Waals surface area contributed by atoms with Crippen LogP contribution in [0.5, 0.6) is 0 Å². The van der Waals surface area contributed by atoms with E-state index in [-0.39, 0.29) is 17.1 Å². The molecule has 1 aliphatic rings. The molecule has 0 amide bonds. The predicted molar refractivity (Wildman–Crippen MR) is 102 cm³/mol. The Hall–Kier alpha value is -1.64. The lowest BCUT2D eigenvalue weighted by atomic mass is 10.2. The van der Waals surface area contributed by atoms with Gasteiger partial charge in [-0.15, -0.1) is 0 Å². The van der Waals surface area contributed by atoms with Gasteiger partial charge in [-0.2, -0.15) is 4.31 Å². The molecule has 0 unspecified atom stereocenters. The molecule has 0 aromatic heterocycles. The number of ether oxygens (including phenoxy) is 2. The van der Waals surface area contributed by atoms with Gasteiger partial charge in [-0.25, -0.2) is 13.2 Å². The molecule has 0 N–H and O–H groups in total. The molecule has 0 saturated carbocycles. The molecule has 0 spiro atoms. The summed E-state index contributed by atoms with van der Waals surface area (Å²) >= 11 is 11.8. The Labute approximate surface area is 167 Å². The van der Waals surface area contributed by atoms with Gasteiger partial charge in [-0.3, -0.25) is 0 Å². The Bertz CT molecular complexity index is 925. The van der Waals surface area contributed by atoms with Crippen molar-refractivity contribution in [2.75, 3.05) is 26.3 Å². The number of halogens is 2. The normalized spacial score (nSPS) is 15.5. The summed E-state index contributed by atoms with van der Waals surface area (Å²) in [5.74, 6) is -0.559. The van der Waals surface area contributed by atoms with Crippen molar-refractivity contribution in [1.29, 1.82) is 0 Å². The number of esters is 1. The number of sulfonamides is 1. The maximum absolute atomic E-state index is 12.6. The molecule has 0 atom stereocenters. The van der Waals surface area contributed by atoms with Gasteiger partial charge in [0, 0.05) is 13.1 Å². The fraction of sp³-hybridized carbons (Fsp3) is 0.278. The van der Waals surface area contributed by atoms with Crippen molar-refractivity contribution in [3.8, 4) is 0 Å². The van der Waals surface area contributed by atoms with Crippen molar-refractivity contribution < 1.29 is 22.7 Å². The third kappa shape index (κ3) is 4.80. The predicted octanol–water partition coefficient (Wildman–Crippen LogP) is 3.37. The van der Waals surface area contributed by atoms with Crippen molar-refractivity contribution in [3.63, 3.8) is 0 Å². The highest BCUT2D eigenvalue weighted by molar-refractivity contribution is 7.89. The minimum absolute atomic E-state index is 0.0313. The number of carbonyl (C=O) groups excluding carboxylic acids is 1. The van der Waals surface area contributed by atoms with E-state index in [0.717, 1.165) is 0 Å². The molecule has 1 saturated heterocycles. The van der Waals surface area contributed by atoms with E-state index in [1.807, 2.05) is 0 Å². The van der Waals surface area contributed by atoms with Gasteiger partial charge < -0.3 is 9.47 Å². The molecule has 6 nitrogen and oxygen atoms in total. The minimum atomic E-state index is -3.59. The molecule has 144 valence electrons. The molecule has 27 heavy (non-hydrogen) atoms. The van der Waals surface area contributed by atoms with Gasteiger partial charge in [0.05, 0.1) is 33.7 Å². The standard InChI is InChI=1S/C18H17Cl2NO5S/c19-16-6-1-13(11-17(16)20)12-26-18(22)14-2-4-15(5-3-14)27(23,24)21-7-9-25-10-8-21/h1-6,11H,7-10,12H2. The first-order valence-corrected chi connectivity index (χ1v) is 10.4. The van der Waals surface area contributed by atoms with E-state index in [9.17, 15) is 13.2 Å². The average molecular weight is 430 g/mol. The van der Waals surface area contributed by atoms with Crippen LogP contribution in [0.3, 0.4) is 0 Å². The van der Waals surface area contributed by atoms with Gasteiger partial charge in [0.15, 0.2) is 0 Å². The largest absolute Gasteiger partial charge is 0.457 e. The summed E-state index contributed by atoms with van der Waals surface area (Å²) in [7, 11) is -3.59. The Morgan fingerprint density at radius 1 is 1.04 bits per heavy atom. The highest BCUT2D eigenvalue weighted by Gasteiger charge is 2.26. The topological polar surface area (TPSA) is 72.9 Å². The van der Waals surface area contributed by atoms with Crippen LogP contribution in [0, 0.1) is 0 Å². The monoisotopic (exact) mass is 429 g/mol. The Kier molecular flexibility index (Phi) is 6.39. The van der Waals surface area contributed by atoms with Gasteiger partial charge >= 0.3 is 5.97 Å². The molecule has 2 aromatic rings. The van der Waals surface area contributed by atoms with Crippen molar-refractivity contribution in [1.82, 2.24) is 4.31 Å². The molecule has 0 radical (unpaired) electrons. The fourth-order valence-electron chi connectivity index (χ4n) is 2.56. The Morgan fingerprint density at radius 3 is 2.33 bits per heavy atom. The zero-order chi connectivity index (χ0) is 19.4. The summed E-state index contributed by atoms with van der Waals surface area (Å²) in [5, 5.41) is 0.798. The van der Waals surface area contributed by atoms with Crippen LogP contribution in [-0.4, -0.2) is 45.0 Å². The first kappa shape index (κ1) is 20.1. The number of hydrogen-bond donors (Lipinski definition) is 0. The van der Waals surface area contributed by atoms with Crippen molar-refractivity contribution in [3.05, 3.63) is 63.6 Å². The smallest absolute Gasteiger partial charge is 0.338 e. The van der Waals surface area contributed by atoms with Gasteiger partial charge in [-0.1, -0.05) is 29.3 Å². The molecular formula is C18H17Cl2NO5S. The Balaban J connectivity index is 1.65. The van der Waals surface area contributed by atoms with E-state index in [1.165, 1.54) is 28.6 Å². The fourth-order valence-corrected chi connectivity index (χ4v) is 4.29. The molecule has 1 aliphatic heterocycles. The maximum Gasteiger partial charge on any atom is 0.338 e. The molecule has 1 heterocycles. The molecule has 0 bridgehead atoms. The van der Waals surface area contributed by atoms with Crippen LogP contribution in [0.15, 0.2) is 47.4 Å². The van der Waals surface area contributed by atoms with E-state index in [0.29, 0.717) is 41.9 Å². The molecule has 1 fully saturated rings. The zero-order valence-corrected chi connectivity index (χ0v) is 16.6. The van der Waals surface area contributed by atoms with E-state index in [2.05, 4.69) is 0 Å². The van der Waals surface area contributed by atoms with Gasteiger partial charge in [0.1, 0.15) is 6.61 Å². The van der Waals surface area contributed by atoms with Crippen molar-refractivity contribution in [2.24, 2.45) is 0 Å². The van der Waals surface area contributed by atoms with Gasteiger partial charge in [0.25, 0.3) is 0 Å². The molecule has 2 aromatic carbocycles. The van der Waals surface area contributed by atoms with Crippen LogP contribution < -0.4 is 0 Å². The van der Waals surface area contributed by atoms with Crippen molar-refractivity contribution >= 4 is 39.2 Å². The third-order valence-electron chi connectivity index (χ3n) is 4.05. The summed E-state index contributed by atoms with van der Waals surface area (Å²) in [6.07, 6.45) is 0. The van der Waals surface area contributed by atoms with Crippen LogP contribution in [0.2, 0.25) is 10.0 Å². The second-order valence-corrected chi connectivity index (χ2v) is 8.62. The van der Waals surface area contributed by atoms with Gasteiger partial charge in [0.2, 0.25) is 10.0 Å².